The molecule has 0 aromatic heterocycles. The van der Waals surface area contributed by atoms with E-state index in [1.165, 1.54) is 48.5 Å². The average molecular weight is 547 g/mol. The number of rotatable bonds is 4. The summed E-state index contributed by atoms with van der Waals surface area (Å²) in [6.45, 7) is 12.0. The maximum absolute atomic E-state index is 14.3. The van der Waals surface area contributed by atoms with Crippen molar-refractivity contribution in [3.05, 3.63) is 83.9 Å². The highest BCUT2D eigenvalue weighted by atomic mass is 32.2. The predicted octanol–water partition coefficient (Wildman–Crippen LogP) is 7.27. The van der Waals surface area contributed by atoms with E-state index in [2.05, 4.69) is 0 Å². The minimum atomic E-state index is -4.30. The van der Waals surface area contributed by atoms with Crippen LogP contribution in [0.2, 0.25) is 0 Å². The third-order valence-corrected chi connectivity index (χ3v) is 8.68. The van der Waals surface area contributed by atoms with Crippen LogP contribution in [0.25, 0.3) is 22.3 Å². The lowest BCUT2D eigenvalue weighted by atomic mass is 9.85. The van der Waals surface area contributed by atoms with Crippen LogP contribution in [0, 0.1) is 0 Å². The summed E-state index contributed by atoms with van der Waals surface area (Å²) in [6.07, 6.45) is 0. The minimum Gasteiger partial charge on any atom is -0.508 e. The first-order valence-corrected chi connectivity index (χ1v) is 14.1. The summed E-state index contributed by atoms with van der Waals surface area (Å²) in [4.78, 5) is -0.278. The van der Waals surface area contributed by atoms with Crippen LogP contribution in [-0.4, -0.2) is 28.8 Å². The van der Waals surface area contributed by atoms with Crippen LogP contribution in [0.4, 0.5) is 0 Å². The molecule has 204 valence electrons. The number of benzene rings is 4. The molecule has 4 N–H and O–H groups in total. The number of sulfone groups is 1. The van der Waals surface area contributed by atoms with E-state index in [1.807, 2.05) is 41.5 Å². The molecule has 6 nitrogen and oxygen atoms in total. The number of phenolic OH excluding ortho intramolecular Hbond substituents is 4. The third kappa shape index (κ3) is 5.45. The Bertz CT molecular complexity index is 1550. The second-order valence-corrected chi connectivity index (χ2v) is 13.7. The van der Waals surface area contributed by atoms with Gasteiger partial charge in [-0.15, -0.1) is 0 Å². The quantitative estimate of drug-likeness (QED) is 0.214. The molecule has 4 aromatic carbocycles. The van der Waals surface area contributed by atoms with Crippen LogP contribution in [0.15, 0.2) is 82.6 Å². The molecule has 0 unspecified atom stereocenters. The minimum absolute atomic E-state index is 0.130. The van der Waals surface area contributed by atoms with Gasteiger partial charge in [-0.1, -0.05) is 53.7 Å². The highest BCUT2D eigenvalue weighted by Gasteiger charge is 2.29. The second kappa shape index (κ2) is 9.65. The van der Waals surface area contributed by atoms with Crippen LogP contribution >= 0.6 is 0 Å². The zero-order valence-electron chi connectivity index (χ0n) is 22.9. The molecule has 7 heteroatoms. The van der Waals surface area contributed by atoms with E-state index < -0.39 is 9.84 Å². The summed E-state index contributed by atoms with van der Waals surface area (Å²) >= 11 is 0. The summed E-state index contributed by atoms with van der Waals surface area (Å²) in [5.41, 5.74) is 1.96. The van der Waals surface area contributed by atoms with Crippen molar-refractivity contribution in [2.24, 2.45) is 0 Å². The number of hydrogen-bond acceptors (Lipinski definition) is 6. The first-order valence-electron chi connectivity index (χ1n) is 12.6. The summed E-state index contributed by atoms with van der Waals surface area (Å²) in [5, 5.41) is 42.2. The van der Waals surface area contributed by atoms with Crippen LogP contribution in [0.3, 0.4) is 0 Å². The topological polar surface area (TPSA) is 115 Å². The maximum Gasteiger partial charge on any atom is 0.207 e. The molecule has 0 spiro atoms. The van der Waals surface area contributed by atoms with Crippen molar-refractivity contribution in [1.82, 2.24) is 0 Å². The van der Waals surface area contributed by atoms with Crippen molar-refractivity contribution in [2.75, 3.05) is 0 Å². The molecule has 0 fully saturated rings. The highest BCUT2D eigenvalue weighted by molar-refractivity contribution is 7.91. The molecule has 0 amide bonds. The van der Waals surface area contributed by atoms with E-state index in [-0.39, 0.29) is 65.9 Å². The maximum atomic E-state index is 14.3. The van der Waals surface area contributed by atoms with Gasteiger partial charge in [0.05, 0.1) is 9.79 Å². The lowest BCUT2D eigenvalue weighted by molar-refractivity contribution is 0.472. The predicted molar refractivity (Wildman–Crippen MR) is 153 cm³/mol. The van der Waals surface area contributed by atoms with Crippen LogP contribution in [0.1, 0.15) is 52.7 Å². The Labute approximate surface area is 229 Å². The van der Waals surface area contributed by atoms with Gasteiger partial charge in [0.15, 0.2) is 0 Å². The number of phenols is 4. The molecule has 39 heavy (non-hydrogen) atoms. The fraction of sp³-hybridized carbons (Fsp3) is 0.250. The highest BCUT2D eigenvalue weighted by Crippen LogP contribution is 2.44. The first-order chi connectivity index (χ1) is 18.0. The van der Waals surface area contributed by atoms with Crippen molar-refractivity contribution in [3.8, 4) is 45.3 Å². The smallest absolute Gasteiger partial charge is 0.207 e. The van der Waals surface area contributed by atoms with Gasteiger partial charge in [-0.05, 0) is 82.6 Å². The summed E-state index contributed by atoms with van der Waals surface area (Å²) in [7, 11) is -4.30. The Hall–Kier alpha value is -3.97. The van der Waals surface area contributed by atoms with Crippen molar-refractivity contribution < 1.29 is 28.8 Å². The summed E-state index contributed by atoms with van der Waals surface area (Å²) < 4.78 is 28.6. The van der Waals surface area contributed by atoms with Gasteiger partial charge in [0.2, 0.25) is 9.84 Å². The Balaban J connectivity index is 2.01. The van der Waals surface area contributed by atoms with Gasteiger partial charge >= 0.3 is 0 Å². The van der Waals surface area contributed by atoms with Crippen molar-refractivity contribution in [2.45, 2.75) is 62.2 Å². The summed E-state index contributed by atoms with van der Waals surface area (Å²) in [5.74, 6) is -0.588. The number of hydrogen-bond donors (Lipinski definition) is 4. The molecule has 0 heterocycles. The fourth-order valence-corrected chi connectivity index (χ4v) is 6.13. The van der Waals surface area contributed by atoms with Gasteiger partial charge < -0.3 is 20.4 Å². The Morgan fingerprint density at radius 1 is 0.487 bits per heavy atom. The second-order valence-electron chi connectivity index (χ2n) is 11.8. The van der Waals surface area contributed by atoms with Gasteiger partial charge in [0.1, 0.15) is 23.0 Å². The molecule has 4 rings (SSSR count). The fourth-order valence-electron chi connectivity index (χ4n) is 4.48. The molecular weight excluding hydrogens is 512 g/mol. The lowest BCUT2D eigenvalue weighted by Gasteiger charge is -2.22. The van der Waals surface area contributed by atoms with E-state index in [0.29, 0.717) is 0 Å². The average Bonchev–Trinajstić information content (AvgIpc) is 2.82. The largest absolute Gasteiger partial charge is 0.508 e. The molecule has 0 radical (unpaired) electrons. The van der Waals surface area contributed by atoms with E-state index in [1.54, 1.807) is 24.3 Å². The van der Waals surface area contributed by atoms with E-state index in [9.17, 15) is 28.8 Å². The monoisotopic (exact) mass is 546 g/mol. The molecular formula is C32H34O6S. The molecule has 4 aromatic rings. The van der Waals surface area contributed by atoms with Crippen molar-refractivity contribution in [3.63, 3.8) is 0 Å². The van der Waals surface area contributed by atoms with Gasteiger partial charge in [0, 0.05) is 22.3 Å². The Morgan fingerprint density at radius 2 is 0.846 bits per heavy atom. The van der Waals surface area contributed by atoms with Gasteiger partial charge in [-0.3, -0.25) is 0 Å². The molecule has 0 saturated carbocycles. The van der Waals surface area contributed by atoms with E-state index >= 15 is 0 Å². The first kappa shape index (κ1) is 28.0. The van der Waals surface area contributed by atoms with E-state index in [4.69, 9.17) is 0 Å². The Kier molecular flexibility index (Phi) is 6.94. The normalized spacial score (nSPS) is 12.5. The summed E-state index contributed by atoms with van der Waals surface area (Å²) in [6, 6.07) is 17.8. The zero-order valence-corrected chi connectivity index (χ0v) is 23.8. The molecule has 0 bridgehead atoms. The standard InChI is InChI=1S/C32H34O6S/c1-31(2,3)19-7-11-27(35)23(15-19)25-17-21(33)9-13-29(25)39(37,38)30-14-10-22(34)18-26(30)24-16-20(32(4,5)6)8-12-28(24)36/h7-18,33-36H,1-6H3. The molecule has 0 saturated heterocycles. The van der Waals surface area contributed by atoms with Crippen LogP contribution in [0.5, 0.6) is 23.0 Å². The molecule has 0 aliphatic carbocycles. The van der Waals surface area contributed by atoms with Crippen LogP contribution in [-0.2, 0) is 20.7 Å². The van der Waals surface area contributed by atoms with Crippen molar-refractivity contribution in [1.29, 1.82) is 0 Å². The SMILES string of the molecule is CC(C)(C)c1ccc(O)c(-c2cc(O)ccc2S(=O)(=O)c2ccc(O)cc2-c2cc(C(C)(C)C)ccc2O)c1. The molecule has 0 atom stereocenters. The lowest BCUT2D eigenvalue weighted by Crippen LogP contribution is -2.11. The zero-order chi connectivity index (χ0) is 28.9. The van der Waals surface area contributed by atoms with Gasteiger partial charge in [-0.25, -0.2) is 8.42 Å². The van der Waals surface area contributed by atoms with Gasteiger partial charge in [0.25, 0.3) is 0 Å². The molecule has 0 aliphatic heterocycles. The third-order valence-electron chi connectivity index (χ3n) is 6.81. The van der Waals surface area contributed by atoms with Crippen molar-refractivity contribution >= 4 is 9.84 Å². The molecule has 0 aliphatic rings. The van der Waals surface area contributed by atoms with E-state index in [0.717, 1.165) is 11.1 Å². The van der Waals surface area contributed by atoms with Crippen LogP contribution < -0.4 is 0 Å². The van der Waals surface area contributed by atoms with Gasteiger partial charge in [-0.2, -0.15) is 0 Å². The Morgan fingerprint density at radius 3 is 1.18 bits per heavy atom. The number of aromatic hydroxyl groups is 4.